The van der Waals surface area contributed by atoms with Crippen LogP contribution in [0.3, 0.4) is 0 Å². The van der Waals surface area contributed by atoms with E-state index in [1.54, 1.807) is 25.3 Å². The number of ether oxygens (including phenoxy) is 2. The van der Waals surface area contributed by atoms with Crippen molar-refractivity contribution >= 4 is 22.9 Å². The molecule has 3 aromatic rings. The summed E-state index contributed by atoms with van der Waals surface area (Å²) in [6.07, 6.45) is 0. The molecule has 26 heavy (non-hydrogen) atoms. The van der Waals surface area contributed by atoms with Crippen molar-refractivity contribution in [1.29, 1.82) is 0 Å². The molecule has 0 saturated heterocycles. The molecule has 0 radical (unpaired) electrons. The molecule has 0 fully saturated rings. The van der Waals surface area contributed by atoms with Gasteiger partial charge in [-0.15, -0.1) is 11.3 Å². The molecule has 0 spiro atoms. The number of carbonyl (C=O) groups excluding carboxylic acids is 1. The van der Waals surface area contributed by atoms with Gasteiger partial charge in [0, 0.05) is 5.56 Å². The van der Waals surface area contributed by atoms with Crippen LogP contribution in [0.4, 0.5) is 10.1 Å². The van der Waals surface area contributed by atoms with Gasteiger partial charge in [0.05, 0.1) is 17.7 Å². The van der Waals surface area contributed by atoms with Gasteiger partial charge >= 0.3 is 0 Å². The fraction of sp³-hybridized carbons (Fsp3) is 0.150. The second-order valence-electron chi connectivity index (χ2n) is 5.70. The van der Waals surface area contributed by atoms with Crippen molar-refractivity contribution in [2.24, 2.45) is 0 Å². The minimum Gasteiger partial charge on any atom is -0.493 e. The summed E-state index contributed by atoms with van der Waals surface area (Å²) in [5.41, 5.74) is 1.91. The maximum atomic E-state index is 13.8. The van der Waals surface area contributed by atoms with Gasteiger partial charge < -0.3 is 14.8 Å². The maximum absolute atomic E-state index is 13.8. The topological polar surface area (TPSA) is 47.6 Å². The quantitative estimate of drug-likeness (QED) is 0.661. The number of thiophene rings is 1. The summed E-state index contributed by atoms with van der Waals surface area (Å²) in [6.45, 7) is 2.15. The molecule has 1 heterocycles. The third-order valence-electron chi connectivity index (χ3n) is 3.71. The highest BCUT2D eigenvalue weighted by molar-refractivity contribution is 7.12. The average molecular weight is 371 g/mol. The molecule has 0 saturated carbocycles. The van der Waals surface area contributed by atoms with Crippen molar-refractivity contribution in [2.75, 3.05) is 12.4 Å². The zero-order chi connectivity index (χ0) is 18.5. The minimum absolute atomic E-state index is 0.176. The molecule has 6 heteroatoms. The Labute approximate surface area is 155 Å². The number of para-hydroxylation sites is 2. The minimum atomic E-state index is -0.458. The van der Waals surface area contributed by atoms with Crippen molar-refractivity contribution in [3.8, 4) is 11.5 Å². The highest BCUT2D eigenvalue weighted by Gasteiger charge is 2.13. The van der Waals surface area contributed by atoms with Gasteiger partial charge in [-0.3, -0.25) is 4.79 Å². The van der Waals surface area contributed by atoms with Gasteiger partial charge in [0.25, 0.3) is 5.91 Å². The second kappa shape index (κ2) is 8.01. The molecule has 0 aliphatic rings. The third-order valence-corrected chi connectivity index (χ3v) is 4.69. The number of hydrogen-bond acceptors (Lipinski definition) is 4. The van der Waals surface area contributed by atoms with Crippen LogP contribution in [-0.4, -0.2) is 13.0 Å². The smallest absolute Gasteiger partial charge is 0.265 e. The average Bonchev–Trinajstić information content (AvgIpc) is 3.12. The number of aryl methyl sites for hydroxylation is 1. The number of halogens is 1. The summed E-state index contributed by atoms with van der Waals surface area (Å²) >= 11 is 1.29. The lowest BCUT2D eigenvalue weighted by atomic mass is 10.2. The fourth-order valence-electron chi connectivity index (χ4n) is 2.39. The van der Waals surface area contributed by atoms with Gasteiger partial charge in [-0.25, -0.2) is 4.39 Å². The van der Waals surface area contributed by atoms with Crippen LogP contribution in [0.2, 0.25) is 0 Å². The Kier molecular flexibility index (Phi) is 5.53. The van der Waals surface area contributed by atoms with E-state index in [2.05, 4.69) is 5.32 Å². The van der Waals surface area contributed by atoms with Crippen molar-refractivity contribution < 1.29 is 18.7 Å². The van der Waals surface area contributed by atoms with Crippen molar-refractivity contribution in [1.82, 2.24) is 0 Å². The first kappa shape index (κ1) is 17.9. The van der Waals surface area contributed by atoms with E-state index in [0.29, 0.717) is 23.0 Å². The van der Waals surface area contributed by atoms with Gasteiger partial charge in [-0.2, -0.15) is 0 Å². The Morgan fingerprint density at radius 1 is 1.15 bits per heavy atom. The van der Waals surface area contributed by atoms with E-state index in [4.69, 9.17) is 9.47 Å². The first-order valence-electron chi connectivity index (χ1n) is 7.97. The van der Waals surface area contributed by atoms with Crippen LogP contribution in [-0.2, 0) is 6.61 Å². The summed E-state index contributed by atoms with van der Waals surface area (Å²) in [5, 5.41) is 4.45. The molecular weight excluding hydrogens is 353 g/mol. The number of amides is 1. The molecule has 134 valence electrons. The molecule has 0 aliphatic heterocycles. The van der Waals surface area contributed by atoms with Crippen LogP contribution in [0, 0.1) is 12.7 Å². The van der Waals surface area contributed by atoms with Crippen LogP contribution in [0.5, 0.6) is 11.5 Å². The zero-order valence-electron chi connectivity index (χ0n) is 14.4. The van der Waals surface area contributed by atoms with Crippen molar-refractivity contribution in [2.45, 2.75) is 13.5 Å². The number of anilines is 1. The fourth-order valence-corrected chi connectivity index (χ4v) is 3.18. The van der Waals surface area contributed by atoms with Crippen LogP contribution >= 0.6 is 11.3 Å². The molecule has 4 nitrogen and oxygen atoms in total. The summed E-state index contributed by atoms with van der Waals surface area (Å²) in [5.74, 6) is 0.480. The molecule has 0 aliphatic carbocycles. The third kappa shape index (κ3) is 4.21. The van der Waals surface area contributed by atoms with Crippen LogP contribution in [0.1, 0.15) is 20.8 Å². The Balaban J connectivity index is 1.65. The molecule has 0 bridgehead atoms. The predicted molar refractivity (Wildman–Crippen MR) is 101 cm³/mol. The highest BCUT2D eigenvalue weighted by atomic mass is 32.1. The number of nitrogens with one attached hydrogen (secondary N) is 1. The lowest BCUT2D eigenvalue weighted by Gasteiger charge is -2.09. The van der Waals surface area contributed by atoms with E-state index in [0.717, 1.165) is 11.1 Å². The number of carbonyl (C=O) groups is 1. The van der Waals surface area contributed by atoms with E-state index < -0.39 is 5.82 Å². The molecular formula is C20H18FNO3S. The number of hydrogen-bond donors (Lipinski definition) is 1. The van der Waals surface area contributed by atoms with Crippen LogP contribution in [0.25, 0.3) is 0 Å². The van der Waals surface area contributed by atoms with E-state index in [1.807, 2.05) is 36.6 Å². The molecule has 1 aromatic heterocycles. The van der Waals surface area contributed by atoms with Crippen LogP contribution < -0.4 is 14.8 Å². The largest absolute Gasteiger partial charge is 0.493 e. The Morgan fingerprint density at radius 3 is 2.69 bits per heavy atom. The summed E-state index contributed by atoms with van der Waals surface area (Å²) in [4.78, 5) is 12.8. The summed E-state index contributed by atoms with van der Waals surface area (Å²) in [6, 6.07) is 13.7. The highest BCUT2D eigenvalue weighted by Crippen LogP contribution is 2.27. The van der Waals surface area contributed by atoms with Gasteiger partial charge in [0.15, 0.2) is 11.5 Å². The van der Waals surface area contributed by atoms with Crippen molar-refractivity contribution in [3.05, 3.63) is 75.7 Å². The number of rotatable bonds is 6. The molecule has 3 rings (SSSR count). The Bertz CT molecular complexity index is 923. The van der Waals surface area contributed by atoms with E-state index in [9.17, 15) is 9.18 Å². The van der Waals surface area contributed by atoms with Crippen molar-refractivity contribution in [3.63, 3.8) is 0 Å². The summed E-state index contributed by atoms with van der Waals surface area (Å²) in [7, 11) is 1.58. The second-order valence-corrected chi connectivity index (χ2v) is 6.61. The van der Waals surface area contributed by atoms with Gasteiger partial charge in [-0.1, -0.05) is 18.2 Å². The van der Waals surface area contributed by atoms with Gasteiger partial charge in [0.1, 0.15) is 12.4 Å². The van der Waals surface area contributed by atoms with Crippen LogP contribution in [0.15, 0.2) is 53.9 Å². The first-order chi connectivity index (χ1) is 12.6. The monoisotopic (exact) mass is 371 g/mol. The Hall–Kier alpha value is -2.86. The molecule has 1 amide bonds. The number of benzene rings is 2. The lowest BCUT2D eigenvalue weighted by molar-refractivity contribution is 0.103. The molecule has 2 aromatic carbocycles. The van der Waals surface area contributed by atoms with Gasteiger partial charge in [-0.05, 0) is 48.2 Å². The SMILES string of the molecule is COc1ccccc1OCc1csc(C(=O)Nc2cc(C)ccc2F)c1. The van der Waals surface area contributed by atoms with E-state index in [-0.39, 0.29) is 11.6 Å². The predicted octanol–water partition coefficient (Wildman–Crippen LogP) is 5.04. The Morgan fingerprint density at radius 2 is 1.92 bits per heavy atom. The molecule has 0 unspecified atom stereocenters. The first-order valence-corrected chi connectivity index (χ1v) is 8.85. The molecule has 1 N–H and O–H groups in total. The maximum Gasteiger partial charge on any atom is 0.265 e. The van der Waals surface area contributed by atoms with Gasteiger partial charge in [0.2, 0.25) is 0 Å². The van der Waals surface area contributed by atoms with E-state index in [1.165, 1.54) is 17.4 Å². The van der Waals surface area contributed by atoms with E-state index >= 15 is 0 Å². The number of methoxy groups -OCH3 is 1. The normalized spacial score (nSPS) is 10.4. The lowest BCUT2D eigenvalue weighted by Crippen LogP contribution is -2.11. The standard InChI is InChI=1S/C20H18FNO3S/c1-13-7-8-15(21)16(9-13)22-20(23)19-10-14(12-26-19)11-25-18-6-4-3-5-17(18)24-2/h3-10,12H,11H2,1-2H3,(H,22,23). The molecule has 0 atom stereocenters. The summed E-state index contributed by atoms with van der Waals surface area (Å²) < 4.78 is 24.8. The zero-order valence-corrected chi connectivity index (χ0v) is 15.2.